The van der Waals surface area contributed by atoms with Gasteiger partial charge in [0.05, 0.1) is 23.2 Å². The highest BCUT2D eigenvalue weighted by molar-refractivity contribution is 6.51. The second-order valence-electron chi connectivity index (χ2n) is 8.27. The quantitative estimate of drug-likeness (QED) is 0.239. The van der Waals surface area contributed by atoms with E-state index in [1.165, 1.54) is 17.0 Å². The van der Waals surface area contributed by atoms with E-state index in [-0.39, 0.29) is 22.1 Å². The number of hydrogen-bond acceptors (Lipinski definition) is 5. The number of halogens is 1. The molecule has 1 aliphatic rings. The summed E-state index contributed by atoms with van der Waals surface area (Å²) in [6.07, 6.45) is 1.69. The molecule has 0 aliphatic carbocycles. The maximum atomic E-state index is 13.3. The molecule has 0 aromatic heterocycles. The SMILES string of the molecule is CCCOc1ccc(/C(O)=C2/C(=O)C(=O)N(c3ccc(CC)cc3)C2c2ccc(O)c(Cl)c2)cc1. The standard InChI is InChI=1S/C28H26ClNO5/c1-3-15-35-21-12-7-18(8-13-21)26(32)24-25(19-9-14-23(31)22(29)16-19)30(28(34)27(24)33)20-10-5-17(4-2)6-11-20/h5-14,16,25,31-32H,3-4,15H2,1-2H3/b26-24-. The number of rotatable bonds is 7. The van der Waals surface area contributed by atoms with Crippen LogP contribution in [0.3, 0.4) is 0 Å². The van der Waals surface area contributed by atoms with Gasteiger partial charge in [-0.2, -0.15) is 0 Å². The summed E-state index contributed by atoms with van der Waals surface area (Å²) >= 11 is 6.17. The Morgan fingerprint density at radius 1 is 1.00 bits per heavy atom. The van der Waals surface area contributed by atoms with E-state index >= 15 is 0 Å². The average molecular weight is 492 g/mol. The number of ether oxygens (including phenoxy) is 1. The number of Topliss-reactive ketones (excluding diaryl/α,β-unsaturated/α-hetero) is 1. The molecule has 1 amide bonds. The van der Waals surface area contributed by atoms with Gasteiger partial charge >= 0.3 is 0 Å². The van der Waals surface area contributed by atoms with Crippen molar-refractivity contribution >= 4 is 34.7 Å². The lowest BCUT2D eigenvalue weighted by Crippen LogP contribution is -2.29. The summed E-state index contributed by atoms with van der Waals surface area (Å²) in [5.41, 5.74) is 2.40. The largest absolute Gasteiger partial charge is 0.507 e. The highest BCUT2D eigenvalue weighted by Gasteiger charge is 2.47. The van der Waals surface area contributed by atoms with E-state index < -0.39 is 17.7 Å². The lowest BCUT2D eigenvalue weighted by Gasteiger charge is -2.26. The van der Waals surface area contributed by atoms with Gasteiger partial charge in [-0.3, -0.25) is 14.5 Å². The average Bonchev–Trinajstić information content (AvgIpc) is 3.14. The summed E-state index contributed by atoms with van der Waals surface area (Å²) in [5.74, 6) is -1.34. The number of benzene rings is 3. The number of aliphatic hydroxyl groups is 1. The van der Waals surface area contributed by atoms with Crippen molar-refractivity contribution in [3.05, 3.63) is 94.0 Å². The maximum absolute atomic E-state index is 13.3. The van der Waals surface area contributed by atoms with Gasteiger partial charge in [-0.05, 0) is 72.5 Å². The highest BCUT2D eigenvalue weighted by Crippen LogP contribution is 2.43. The van der Waals surface area contributed by atoms with E-state index in [1.54, 1.807) is 42.5 Å². The van der Waals surface area contributed by atoms with Gasteiger partial charge in [-0.1, -0.05) is 43.6 Å². The molecule has 180 valence electrons. The summed E-state index contributed by atoms with van der Waals surface area (Å²) in [5, 5.41) is 21.2. The Morgan fingerprint density at radius 3 is 2.29 bits per heavy atom. The van der Waals surface area contributed by atoms with Crippen molar-refractivity contribution in [2.75, 3.05) is 11.5 Å². The minimum Gasteiger partial charge on any atom is -0.507 e. The van der Waals surface area contributed by atoms with Gasteiger partial charge in [0, 0.05) is 11.3 Å². The van der Waals surface area contributed by atoms with Crippen molar-refractivity contribution in [1.29, 1.82) is 0 Å². The zero-order valence-corrected chi connectivity index (χ0v) is 20.2. The predicted molar refractivity (Wildman–Crippen MR) is 136 cm³/mol. The molecule has 0 saturated carbocycles. The molecule has 1 fully saturated rings. The number of aliphatic hydroxyl groups excluding tert-OH is 1. The normalized spacial score (nSPS) is 17.1. The van der Waals surface area contributed by atoms with Gasteiger partial charge in [0.2, 0.25) is 0 Å². The van der Waals surface area contributed by atoms with Crippen LogP contribution in [0.15, 0.2) is 72.3 Å². The van der Waals surface area contributed by atoms with Gasteiger partial charge in [-0.25, -0.2) is 0 Å². The van der Waals surface area contributed by atoms with Gasteiger partial charge in [0.15, 0.2) is 0 Å². The molecule has 1 unspecified atom stereocenters. The summed E-state index contributed by atoms with van der Waals surface area (Å²) in [7, 11) is 0. The van der Waals surface area contributed by atoms with Crippen molar-refractivity contribution < 1.29 is 24.5 Å². The van der Waals surface area contributed by atoms with E-state index in [0.29, 0.717) is 29.2 Å². The third-order valence-corrected chi connectivity index (χ3v) is 6.26. The van der Waals surface area contributed by atoms with Crippen LogP contribution < -0.4 is 9.64 Å². The van der Waals surface area contributed by atoms with Crippen LogP contribution in [0, 0.1) is 0 Å². The smallest absolute Gasteiger partial charge is 0.300 e. The second-order valence-corrected chi connectivity index (χ2v) is 8.68. The first-order chi connectivity index (χ1) is 16.8. The molecule has 1 heterocycles. The minimum atomic E-state index is -0.934. The van der Waals surface area contributed by atoms with Crippen LogP contribution in [-0.2, 0) is 16.0 Å². The Hall–Kier alpha value is -3.77. The van der Waals surface area contributed by atoms with Crippen LogP contribution >= 0.6 is 11.6 Å². The van der Waals surface area contributed by atoms with Crippen molar-refractivity contribution in [1.82, 2.24) is 0 Å². The van der Waals surface area contributed by atoms with E-state index in [0.717, 1.165) is 18.4 Å². The monoisotopic (exact) mass is 491 g/mol. The molecule has 1 saturated heterocycles. The summed E-state index contributed by atoms with van der Waals surface area (Å²) in [6, 6.07) is 17.6. The van der Waals surface area contributed by atoms with Crippen molar-refractivity contribution in [3.63, 3.8) is 0 Å². The first-order valence-electron chi connectivity index (χ1n) is 11.5. The third-order valence-electron chi connectivity index (χ3n) is 5.96. The molecule has 35 heavy (non-hydrogen) atoms. The maximum Gasteiger partial charge on any atom is 0.300 e. The van der Waals surface area contributed by atoms with Gasteiger partial charge in [0.1, 0.15) is 17.3 Å². The van der Waals surface area contributed by atoms with E-state index in [4.69, 9.17) is 16.3 Å². The predicted octanol–water partition coefficient (Wildman–Crippen LogP) is 6.02. The number of ketones is 1. The van der Waals surface area contributed by atoms with Crippen molar-refractivity contribution in [2.24, 2.45) is 0 Å². The van der Waals surface area contributed by atoms with E-state index in [9.17, 15) is 19.8 Å². The molecule has 1 aliphatic heterocycles. The zero-order chi connectivity index (χ0) is 25.1. The Bertz CT molecular complexity index is 1280. The Labute approximate surface area is 209 Å². The van der Waals surface area contributed by atoms with Crippen LogP contribution in [0.5, 0.6) is 11.5 Å². The molecule has 0 bridgehead atoms. The first-order valence-corrected chi connectivity index (χ1v) is 11.8. The third kappa shape index (κ3) is 4.75. The number of amides is 1. The fraction of sp³-hybridized carbons (Fsp3) is 0.214. The summed E-state index contributed by atoms with van der Waals surface area (Å²) < 4.78 is 5.60. The van der Waals surface area contributed by atoms with Gasteiger partial charge in [0.25, 0.3) is 11.7 Å². The molecule has 4 rings (SSSR count). The molecule has 3 aromatic carbocycles. The van der Waals surface area contributed by atoms with Crippen LogP contribution in [0.1, 0.15) is 43.0 Å². The number of aryl methyl sites for hydroxylation is 1. The molecule has 2 N–H and O–H groups in total. The molecular weight excluding hydrogens is 466 g/mol. The Kier molecular flexibility index (Phi) is 7.12. The van der Waals surface area contributed by atoms with Crippen LogP contribution in [0.4, 0.5) is 5.69 Å². The number of nitrogens with zero attached hydrogens (tertiary/aromatic N) is 1. The number of aromatic hydroxyl groups is 1. The van der Waals surface area contributed by atoms with Crippen molar-refractivity contribution in [2.45, 2.75) is 32.7 Å². The molecule has 0 spiro atoms. The zero-order valence-electron chi connectivity index (χ0n) is 19.5. The topological polar surface area (TPSA) is 87.1 Å². The summed E-state index contributed by atoms with van der Waals surface area (Å²) in [6.45, 7) is 4.59. The Morgan fingerprint density at radius 2 is 1.69 bits per heavy atom. The number of phenolic OH excluding ortho intramolecular Hbond substituents is 1. The van der Waals surface area contributed by atoms with Crippen LogP contribution in [-0.4, -0.2) is 28.5 Å². The Balaban J connectivity index is 1.85. The lowest BCUT2D eigenvalue weighted by molar-refractivity contribution is -0.132. The number of phenols is 1. The molecule has 0 radical (unpaired) electrons. The first kappa shape index (κ1) is 24.4. The van der Waals surface area contributed by atoms with Crippen LogP contribution in [0.25, 0.3) is 5.76 Å². The molecule has 3 aromatic rings. The number of hydrogen-bond donors (Lipinski definition) is 2. The molecule has 1 atom stereocenters. The van der Waals surface area contributed by atoms with Gasteiger partial charge < -0.3 is 14.9 Å². The molecule has 6 nitrogen and oxygen atoms in total. The van der Waals surface area contributed by atoms with Crippen LogP contribution in [0.2, 0.25) is 5.02 Å². The second kappa shape index (κ2) is 10.2. The molecule has 7 heteroatoms. The highest BCUT2D eigenvalue weighted by atomic mass is 35.5. The number of carbonyl (C=O) groups excluding carboxylic acids is 2. The minimum absolute atomic E-state index is 0.0569. The lowest BCUT2D eigenvalue weighted by atomic mass is 9.95. The summed E-state index contributed by atoms with van der Waals surface area (Å²) in [4.78, 5) is 27.9. The fourth-order valence-electron chi connectivity index (χ4n) is 4.08. The van der Waals surface area contributed by atoms with Gasteiger partial charge in [-0.15, -0.1) is 0 Å². The fourth-order valence-corrected chi connectivity index (χ4v) is 4.27. The van der Waals surface area contributed by atoms with E-state index in [1.807, 2.05) is 26.0 Å². The molecular formula is C28H26ClNO5. The number of carbonyl (C=O) groups is 2. The number of anilines is 1. The van der Waals surface area contributed by atoms with E-state index in [2.05, 4.69) is 0 Å². The van der Waals surface area contributed by atoms with Crippen molar-refractivity contribution in [3.8, 4) is 11.5 Å².